The lowest BCUT2D eigenvalue weighted by atomic mass is 9.81. The Labute approximate surface area is 62.0 Å². The van der Waals surface area contributed by atoms with Crippen LogP contribution in [0.25, 0.3) is 0 Å². The van der Waals surface area contributed by atoms with Gasteiger partial charge in [-0.05, 0) is 12.3 Å². The second-order valence-electron chi connectivity index (χ2n) is 3.29. The molecule has 58 valence electrons. The zero-order valence-electron chi connectivity index (χ0n) is 6.85. The van der Waals surface area contributed by atoms with E-state index in [0.717, 1.165) is 6.42 Å². The van der Waals surface area contributed by atoms with Gasteiger partial charge in [0.15, 0.2) is 0 Å². The molecule has 1 fully saturated rings. The van der Waals surface area contributed by atoms with Gasteiger partial charge in [0.1, 0.15) is 0 Å². The number of hydrogen-bond acceptors (Lipinski definition) is 1. The number of β-lactam (4-membered cyclic amide) rings is 1. The predicted molar refractivity (Wildman–Crippen MR) is 40.5 cm³/mol. The zero-order valence-corrected chi connectivity index (χ0v) is 6.85. The number of hydrogen-bond donors (Lipinski definition) is 1. The van der Waals surface area contributed by atoms with E-state index in [2.05, 4.69) is 26.1 Å². The average Bonchev–Trinajstić information content (AvgIpc) is 1.83. The molecule has 1 aliphatic rings. The van der Waals surface area contributed by atoms with Crippen molar-refractivity contribution in [2.45, 2.75) is 33.2 Å². The van der Waals surface area contributed by atoms with E-state index in [1.807, 2.05) is 0 Å². The van der Waals surface area contributed by atoms with Crippen LogP contribution in [0, 0.1) is 11.8 Å². The number of nitrogens with one attached hydrogen (secondary N) is 1. The Bertz CT molecular complexity index is 142. The van der Waals surface area contributed by atoms with Crippen LogP contribution in [-0.2, 0) is 4.79 Å². The maximum Gasteiger partial charge on any atom is 0.225 e. The monoisotopic (exact) mass is 141 g/mol. The van der Waals surface area contributed by atoms with Crippen molar-refractivity contribution in [3.63, 3.8) is 0 Å². The van der Waals surface area contributed by atoms with E-state index in [0.29, 0.717) is 17.9 Å². The van der Waals surface area contributed by atoms with Gasteiger partial charge in [-0.15, -0.1) is 0 Å². The van der Waals surface area contributed by atoms with Crippen LogP contribution >= 0.6 is 0 Å². The fourth-order valence-corrected chi connectivity index (χ4v) is 1.51. The van der Waals surface area contributed by atoms with E-state index in [9.17, 15) is 4.79 Å². The van der Waals surface area contributed by atoms with Crippen molar-refractivity contribution >= 4 is 5.91 Å². The van der Waals surface area contributed by atoms with Crippen LogP contribution in [0.3, 0.4) is 0 Å². The Morgan fingerprint density at radius 3 is 2.40 bits per heavy atom. The van der Waals surface area contributed by atoms with Crippen LogP contribution in [0.1, 0.15) is 27.2 Å². The highest BCUT2D eigenvalue weighted by atomic mass is 16.2. The van der Waals surface area contributed by atoms with Crippen LogP contribution < -0.4 is 5.32 Å². The van der Waals surface area contributed by atoms with Crippen molar-refractivity contribution in [3.8, 4) is 0 Å². The normalized spacial score (nSPS) is 31.8. The Morgan fingerprint density at radius 2 is 2.20 bits per heavy atom. The maximum atomic E-state index is 10.9. The van der Waals surface area contributed by atoms with Gasteiger partial charge in [-0.3, -0.25) is 4.79 Å². The summed E-state index contributed by atoms with van der Waals surface area (Å²) in [7, 11) is 0. The highest BCUT2D eigenvalue weighted by Crippen LogP contribution is 2.24. The Balaban J connectivity index is 2.45. The van der Waals surface area contributed by atoms with E-state index in [1.54, 1.807) is 0 Å². The van der Waals surface area contributed by atoms with Gasteiger partial charge in [0.25, 0.3) is 0 Å². The molecule has 0 radical (unpaired) electrons. The molecule has 0 aliphatic carbocycles. The second kappa shape index (κ2) is 2.60. The molecular weight excluding hydrogens is 126 g/mol. The van der Waals surface area contributed by atoms with Gasteiger partial charge in [-0.1, -0.05) is 20.8 Å². The van der Waals surface area contributed by atoms with Gasteiger partial charge in [-0.2, -0.15) is 0 Å². The fraction of sp³-hybridized carbons (Fsp3) is 0.875. The first-order valence-electron chi connectivity index (χ1n) is 3.97. The maximum absolute atomic E-state index is 10.9. The number of rotatable bonds is 2. The SMILES string of the molecule is CC[C@@H]1C(=O)N[C@@H]1C(C)C. The summed E-state index contributed by atoms with van der Waals surface area (Å²) in [6.45, 7) is 6.36. The summed E-state index contributed by atoms with van der Waals surface area (Å²) >= 11 is 0. The molecule has 0 unspecified atom stereocenters. The topological polar surface area (TPSA) is 29.1 Å². The van der Waals surface area contributed by atoms with Gasteiger partial charge < -0.3 is 5.32 Å². The van der Waals surface area contributed by atoms with Crippen LogP contribution in [0.4, 0.5) is 0 Å². The Morgan fingerprint density at radius 1 is 1.60 bits per heavy atom. The first kappa shape index (κ1) is 7.58. The van der Waals surface area contributed by atoms with Gasteiger partial charge in [0.05, 0.1) is 5.92 Å². The summed E-state index contributed by atoms with van der Waals surface area (Å²) in [4.78, 5) is 10.9. The van der Waals surface area contributed by atoms with E-state index in [-0.39, 0.29) is 5.91 Å². The van der Waals surface area contributed by atoms with Crippen LogP contribution in [0.2, 0.25) is 0 Å². The lowest BCUT2D eigenvalue weighted by Crippen LogP contribution is -2.60. The summed E-state index contributed by atoms with van der Waals surface area (Å²) in [5, 5.41) is 2.90. The molecule has 0 aromatic carbocycles. The van der Waals surface area contributed by atoms with E-state index >= 15 is 0 Å². The first-order valence-corrected chi connectivity index (χ1v) is 3.97. The molecule has 0 aromatic rings. The molecule has 1 N–H and O–H groups in total. The summed E-state index contributed by atoms with van der Waals surface area (Å²) in [6, 6.07) is 0.442. The van der Waals surface area contributed by atoms with E-state index in [4.69, 9.17) is 0 Å². The minimum atomic E-state index is 0.237. The fourth-order valence-electron chi connectivity index (χ4n) is 1.51. The second-order valence-corrected chi connectivity index (χ2v) is 3.29. The summed E-state index contributed by atoms with van der Waals surface area (Å²) < 4.78 is 0. The minimum Gasteiger partial charge on any atom is -0.352 e. The van der Waals surface area contributed by atoms with Crippen molar-refractivity contribution in [2.24, 2.45) is 11.8 Å². The van der Waals surface area contributed by atoms with Crippen LogP contribution in [-0.4, -0.2) is 11.9 Å². The lowest BCUT2D eigenvalue weighted by Gasteiger charge is -2.39. The molecule has 1 rings (SSSR count). The van der Waals surface area contributed by atoms with E-state index < -0.39 is 0 Å². The third kappa shape index (κ3) is 1.02. The predicted octanol–water partition coefficient (Wildman–Crippen LogP) is 1.17. The molecule has 2 nitrogen and oxygen atoms in total. The molecule has 0 saturated carbocycles. The zero-order chi connectivity index (χ0) is 7.72. The largest absolute Gasteiger partial charge is 0.352 e. The molecule has 2 atom stereocenters. The molecule has 10 heavy (non-hydrogen) atoms. The third-order valence-electron chi connectivity index (χ3n) is 2.24. The lowest BCUT2D eigenvalue weighted by molar-refractivity contribution is -0.136. The first-order chi connectivity index (χ1) is 4.66. The standard InChI is InChI=1S/C8H15NO/c1-4-6-7(5(2)3)9-8(6)10/h5-7H,4H2,1-3H3,(H,9,10)/t6-,7+/m0/s1. The van der Waals surface area contributed by atoms with Crippen LogP contribution in [0.15, 0.2) is 0 Å². The molecule has 0 aromatic heterocycles. The third-order valence-corrected chi connectivity index (χ3v) is 2.24. The van der Waals surface area contributed by atoms with Gasteiger partial charge in [-0.25, -0.2) is 0 Å². The number of carbonyl (C=O) groups excluding carboxylic acids is 1. The molecule has 1 heterocycles. The number of amides is 1. The summed E-state index contributed by atoms with van der Waals surface area (Å²) in [5.41, 5.74) is 0. The van der Waals surface area contributed by atoms with Crippen molar-refractivity contribution in [1.82, 2.24) is 5.32 Å². The molecule has 1 aliphatic heterocycles. The molecule has 0 bridgehead atoms. The minimum absolute atomic E-state index is 0.237. The smallest absolute Gasteiger partial charge is 0.225 e. The highest BCUT2D eigenvalue weighted by Gasteiger charge is 2.38. The Hall–Kier alpha value is -0.530. The molecular formula is C8H15NO. The van der Waals surface area contributed by atoms with Crippen LogP contribution in [0.5, 0.6) is 0 Å². The van der Waals surface area contributed by atoms with Crippen molar-refractivity contribution in [1.29, 1.82) is 0 Å². The van der Waals surface area contributed by atoms with Crippen molar-refractivity contribution < 1.29 is 4.79 Å². The van der Waals surface area contributed by atoms with E-state index in [1.165, 1.54) is 0 Å². The molecule has 0 spiro atoms. The highest BCUT2D eigenvalue weighted by molar-refractivity contribution is 5.85. The number of carbonyl (C=O) groups is 1. The average molecular weight is 141 g/mol. The summed E-state index contributed by atoms with van der Waals surface area (Å²) in [5.74, 6) is 1.11. The molecule has 1 amide bonds. The molecule has 1 saturated heterocycles. The quantitative estimate of drug-likeness (QED) is 0.574. The summed E-state index contributed by atoms with van der Waals surface area (Å²) in [6.07, 6.45) is 0.981. The van der Waals surface area contributed by atoms with Gasteiger partial charge in [0.2, 0.25) is 5.91 Å². The Kier molecular flexibility index (Phi) is 1.97. The van der Waals surface area contributed by atoms with Gasteiger partial charge in [0, 0.05) is 6.04 Å². The van der Waals surface area contributed by atoms with Crippen molar-refractivity contribution in [3.05, 3.63) is 0 Å². The molecule has 2 heteroatoms. The van der Waals surface area contributed by atoms with Crippen molar-refractivity contribution in [2.75, 3.05) is 0 Å². The van der Waals surface area contributed by atoms with Gasteiger partial charge >= 0.3 is 0 Å².